The van der Waals surface area contributed by atoms with Crippen LogP contribution in [-0.2, 0) is 9.53 Å². The molecule has 1 aliphatic carbocycles. The molecule has 0 aromatic heterocycles. The number of nitro groups is 1. The van der Waals surface area contributed by atoms with E-state index >= 15 is 0 Å². The Morgan fingerprint density at radius 2 is 1.63 bits per heavy atom. The van der Waals surface area contributed by atoms with Crippen LogP contribution in [0.3, 0.4) is 0 Å². The molecule has 35 heavy (non-hydrogen) atoms. The van der Waals surface area contributed by atoms with E-state index in [2.05, 4.69) is 5.32 Å². The minimum Gasteiger partial charge on any atom is -0.494 e. The van der Waals surface area contributed by atoms with Crippen molar-refractivity contribution >= 4 is 34.8 Å². The lowest BCUT2D eigenvalue weighted by molar-refractivity contribution is -0.384. The van der Waals surface area contributed by atoms with Crippen LogP contribution in [0.4, 0.5) is 11.4 Å². The zero-order valence-corrected chi connectivity index (χ0v) is 18.4. The summed E-state index contributed by atoms with van der Waals surface area (Å²) in [7, 11) is 0. The highest BCUT2D eigenvalue weighted by Gasteiger charge is 2.33. The van der Waals surface area contributed by atoms with Crippen molar-refractivity contribution in [1.29, 1.82) is 0 Å². The molecule has 176 valence electrons. The normalized spacial score (nSPS) is 11.8. The second kappa shape index (κ2) is 9.56. The highest BCUT2D eigenvalue weighted by molar-refractivity contribution is 6.30. The van der Waals surface area contributed by atoms with Crippen molar-refractivity contribution in [2.24, 2.45) is 0 Å². The van der Waals surface area contributed by atoms with Crippen LogP contribution < -0.4 is 10.1 Å². The van der Waals surface area contributed by atoms with E-state index < -0.39 is 40.7 Å². The van der Waals surface area contributed by atoms with Gasteiger partial charge in [0.1, 0.15) is 11.4 Å². The van der Waals surface area contributed by atoms with Crippen LogP contribution in [0.15, 0.2) is 60.7 Å². The van der Waals surface area contributed by atoms with Gasteiger partial charge in [0, 0.05) is 22.3 Å². The van der Waals surface area contributed by atoms with E-state index in [4.69, 9.17) is 9.47 Å². The Bertz CT molecular complexity index is 1400. The minimum absolute atomic E-state index is 0.0672. The largest absolute Gasteiger partial charge is 0.494 e. The summed E-state index contributed by atoms with van der Waals surface area (Å²) in [6, 6.07) is 14.4. The van der Waals surface area contributed by atoms with Gasteiger partial charge in [-0.05, 0) is 25.1 Å². The van der Waals surface area contributed by atoms with Crippen LogP contribution in [-0.4, -0.2) is 41.6 Å². The average molecular weight is 474 g/mol. The molecule has 0 saturated carbocycles. The molecule has 1 aliphatic rings. The SMILES string of the molecule is CCOc1ccc(NC(=O)COC(=O)c2cccc3c2C(=O)c2ccccc2C3=O)c([N+](=O)[O-])c1. The molecule has 0 aliphatic heterocycles. The highest BCUT2D eigenvalue weighted by Crippen LogP contribution is 2.31. The number of anilines is 1. The Hall–Kier alpha value is -4.86. The van der Waals surface area contributed by atoms with Gasteiger partial charge in [-0.15, -0.1) is 0 Å². The summed E-state index contributed by atoms with van der Waals surface area (Å²) < 4.78 is 10.3. The third-order valence-electron chi connectivity index (χ3n) is 5.26. The maximum atomic E-state index is 13.0. The summed E-state index contributed by atoms with van der Waals surface area (Å²) >= 11 is 0. The van der Waals surface area contributed by atoms with Crippen LogP contribution in [0.2, 0.25) is 0 Å². The number of nitrogens with zero attached hydrogens (tertiary/aromatic N) is 1. The van der Waals surface area contributed by atoms with Gasteiger partial charge in [0.25, 0.3) is 11.6 Å². The molecule has 10 heteroatoms. The molecule has 0 fully saturated rings. The summed E-state index contributed by atoms with van der Waals surface area (Å²) in [5, 5.41) is 13.7. The zero-order valence-electron chi connectivity index (χ0n) is 18.4. The Morgan fingerprint density at radius 3 is 2.31 bits per heavy atom. The molecule has 4 rings (SSSR count). The summed E-state index contributed by atoms with van der Waals surface area (Å²) in [4.78, 5) is 61.6. The van der Waals surface area contributed by atoms with Gasteiger partial charge in [-0.2, -0.15) is 0 Å². The number of amides is 1. The number of nitrogens with one attached hydrogen (secondary N) is 1. The first-order chi connectivity index (χ1) is 16.8. The Kier molecular flexibility index (Phi) is 6.36. The zero-order chi connectivity index (χ0) is 25.1. The van der Waals surface area contributed by atoms with E-state index in [-0.39, 0.29) is 39.3 Å². The number of benzene rings is 3. The number of ether oxygens (including phenoxy) is 2. The molecule has 0 saturated heterocycles. The van der Waals surface area contributed by atoms with E-state index in [1.165, 1.54) is 48.5 Å². The molecular weight excluding hydrogens is 456 g/mol. The van der Waals surface area contributed by atoms with Crippen molar-refractivity contribution in [3.8, 4) is 5.75 Å². The fourth-order valence-corrected chi connectivity index (χ4v) is 3.73. The van der Waals surface area contributed by atoms with Crippen molar-refractivity contribution in [2.45, 2.75) is 6.92 Å². The van der Waals surface area contributed by atoms with E-state index in [1.54, 1.807) is 19.1 Å². The van der Waals surface area contributed by atoms with Gasteiger partial charge >= 0.3 is 5.97 Å². The molecule has 0 radical (unpaired) electrons. The van der Waals surface area contributed by atoms with Gasteiger partial charge < -0.3 is 14.8 Å². The molecule has 0 atom stereocenters. The number of hydrogen-bond acceptors (Lipinski definition) is 8. The van der Waals surface area contributed by atoms with Gasteiger partial charge in [0.2, 0.25) is 0 Å². The third kappa shape index (κ3) is 4.49. The molecule has 3 aromatic rings. The summed E-state index contributed by atoms with van der Waals surface area (Å²) in [5.74, 6) is -2.46. The van der Waals surface area contributed by atoms with Crippen LogP contribution >= 0.6 is 0 Å². The lowest BCUT2D eigenvalue weighted by atomic mass is 9.82. The summed E-state index contributed by atoms with van der Waals surface area (Å²) in [6.07, 6.45) is 0. The molecule has 0 unspecified atom stereocenters. The summed E-state index contributed by atoms with van der Waals surface area (Å²) in [6.45, 7) is 1.26. The predicted molar refractivity (Wildman–Crippen MR) is 123 cm³/mol. The first-order valence-electron chi connectivity index (χ1n) is 10.5. The second-order valence-corrected chi connectivity index (χ2v) is 7.43. The highest BCUT2D eigenvalue weighted by atomic mass is 16.6. The van der Waals surface area contributed by atoms with E-state index in [1.807, 2.05) is 0 Å². The van der Waals surface area contributed by atoms with Gasteiger partial charge in [-0.1, -0.05) is 36.4 Å². The molecule has 3 aromatic carbocycles. The van der Waals surface area contributed by atoms with Crippen molar-refractivity contribution in [1.82, 2.24) is 0 Å². The molecule has 1 amide bonds. The van der Waals surface area contributed by atoms with Gasteiger partial charge in [0.15, 0.2) is 18.2 Å². The van der Waals surface area contributed by atoms with Crippen LogP contribution in [0.1, 0.15) is 49.1 Å². The van der Waals surface area contributed by atoms with E-state index in [0.717, 1.165) is 0 Å². The molecule has 10 nitrogen and oxygen atoms in total. The first-order valence-corrected chi connectivity index (χ1v) is 10.5. The standard InChI is InChI=1S/C25H18N2O8/c1-2-34-14-10-11-19(20(12-14)27(32)33)26-21(28)13-35-25(31)18-9-5-8-17-22(18)24(30)16-7-4-3-6-15(16)23(17)29/h3-12H,2,13H2,1H3,(H,26,28). The van der Waals surface area contributed by atoms with E-state index in [0.29, 0.717) is 6.61 Å². The number of rotatable bonds is 7. The van der Waals surface area contributed by atoms with Crippen LogP contribution in [0.5, 0.6) is 5.75 Å². The molecule has 0 bridgehead atoms. The maximum Gasteiger partial charge on any atom is 0.339 e. The average Bonchev–Trinajstić information content (AvgIpc) is 2.86. The topological polar surface area (TPSA) is 142 Å². The van der Waals surface area contributed by atoms with Crippen molar-refractivity contribution in [2.75, 3.05) is 18.5 Å². The lowest BCUT2D eigenvalue weighted by Crippen LogP contribution is -2.26. The number of nitro benzene ring substituents is 1. The smallest absolute Gasteiger partial charge is 0.339 e. The second-order valence-electron chi connectivity index (χ2n) is 7.43. The maximum absolute atomic E-state index is 13.0. The number of hydrogen-bond donors (Lipinski definition) is 1. The summed E-state index contributed by atoms with van der Waals surface area (Å²) in [5.41, 5.74) is -0.265. The third-order valence-corrected chi connectivity index (χ3v) is 5.26. The van der Waals surface area contributed by atoms with Crippen molar-refractivity contribution in [3.63, 3.8) is 0 Å². The quantitative estimate of drug-likeness (QED) is 0.243. The van der Waals surface area contributed by atoms with Crippen molar-refractivity contribution < 1.29 is 33.6 Å². The van der Waals surface area contributed by atoms with Gasteiger partial charge in [-0.3, -0.25) is 24.5 Å². The number of ketones is 2. The number of fused-ring (bicyclic) bond motifs is 2. The fraction of sp³-hybridized carbons (Fsp3) is 0.120. The van der Waals surface area contributed by atoms with Crippen molar-refractivity contribution in [3.05, 3.63) is 98.6 Å². The van der Waals surface area contributed by atoms with Gasteiger partial charge in [-0.25, -0.2) is 4.79 Å². The number of carbonyl (C=O) groups is 4. The van der Waals surface area contributed by atoms with Gasteiger partial charge in [0.05, 0.1) is 23.2 Å². The molecule has 0 spiro atoms. The molecule has 1 N–H and O–H groups in total. The lowest BCUT2D eigenvalue weighted by Gasteiger charge is -2.19. The first kappa shape index (κ1) is 23.3. The molecular formula is C25H18N2O8. The Morgan fingerprint density at radius 1 is 0.943 bits per heavy atom. The molecule has 0 heterocycles. The number of esters is 1. The minimum atomic E-state index is -0.987. The predicted octanol–water partition coefficient (Wildman–Crippen LogP) is 3.56. The Labute approximate surface area is 198 Å². The van der Waals surface area contributed by atoms with E-state index in [9.17, 15) is 29.3 Å². The van der Waals surface area contributed by atoms with Crippen LogP contribution in [0, 0.1) is 10.1 Å². The Balaban J connectivity index is 1.51. The fourth-order valence-electron chi connectivity index (χ4n) is 3.73. The van der Waals surface area contributed by atoms with Crippen LogP contribution in [0.25, 0.3) is 0 Å². The number of carbonyl (C=O) groups excluding carboxylic acids is 4. The monoisotopic (exact) mass is 474 g/mol.